The Bertz CT molecular complexity index is 291. The van der Waals surface area contributed by atoms with Gasteiger partial charge in [-0.1, -0.05) is 0 Å². The third-order valence-electron chi connectivity index (χ3n) is 3.73. The molecule has 0 amide bonds. The molecule has 0 aromatic carbocycles. The van der Waals surface area contributed by atoms with E-state index < -0.39 is 5.92 Å². The number of likely N-dealkylation sites (N-methyl/N-ethyl adjacent to an activating group) is 1. The van der Waals surface area contributed by atoms with Gasteiger partial charge in [-0.3, -0.25) is 0 Å². The van der Waals surface area contributed by atoms with Crippen molar-refractivity contribution >= 4 is 0 Å². The first-order chi connectivity index (χ1) is 8.12. The second kappa shape index (κ2) is 5.34. The molecule has 98 valence electrons. The van der Waals surface area contributed by atoms with Crippen LogP contribution in [0.2, 0.25) is 0 Å². The van der Waals surface area contributed by atoms with Crippen LogP contribution in [0.5, 0.6) is 0 Å². The first-order valence-electron chi connectivity index (χ1n) is 6.50. The quantitative estimate of drug-likeness (QED) is 0.825. The summed E-state index contributed by atoms with van der Waals surface area (Å²) in [6.45, 7) is 0.715. The van der Waals surface area contributed by atoms with Gasteiger partial charge >= 0.3 is 0 Å². The molecule has 2 nitrogen and oxygen atoms in total. The molecule has 1 aliphatic heterocycles. The molecule has 0 spiro atoms. The summed E-state index contributed by atoms with van der Waals surface area (Å²) in [6, 6.07) is -0.0403. The van der Waals surface area contributed by atoms with Gasteiger partial charge in [-0.2, -0.15) is 0 Å². The molecule has 1 aliphatic carbocycles. The SMILES string of the molecule is CNC(C1=CCCCO1)C1CCCC(F)(F)C1. The zero-order valence-electron chi connectivity index (χ0n) is 10.3. The van der Waals surface area contributed by atoms with Gasteiger partial charge < -0.3 is 10.1 Å². The number of halogens is 2. The lowest BCUT2D eigenvalue weighted by Gasteiger charge is -2.35. The van der Waals surface area contributed by atoms with Crippen LogP contribution in [0.15, 0.2) is 11.8 Å². The van der Waals surface area contributed by atoms with E-state index in [0.29, 0.717) is 13.0 Å². The summed E-state index contributed by atoms with van der Waals surface area (Å²) in [5.41, 5.74) is 0. The molecule has 0 aromatic heterocycles. The fourth-order valence-corrected chi connectivity index (χ4v) is 2.90. The predicted octanol–water partition coefficient (Wildman–Crippen LogP) is 3.09. The summed E-state index contributed by atoms with van der Waals surface area (Å²) in [4.78, 5) is 0. The van der Waals surface area contributed by atoms with Crippen molar-refractivity contribution < 1.29 is 13.5 Å². The van der Waals surface area contributed by atoms with E-state index in [4.69, 9.17) is 4.74 Å². The number of alkyl halides is 2. The van der Waals surface area contributed by atoms with E-state index in [9.17, 15) is 8.78 Å². The molecule has 0 aromatic rings. The Balaban J connectivity index is 2.04. The summed E-state index contributed by atoms with van der Waals surface area (Å²) < 4.78 is 32.5. The summed E-state index contributed by atoms with van der Waals surface area (Å²) in [5, 5.41) is 3.15. The Morgan fingerprint density at radius 3 is 2.88 bits per heavy atom. The highest BCUT2D eigenvalue weighted by atomic mass is 19.3. The van der Waals surface area contributed by atoms with E-state index in [0.717, 1.165) is 25.0 Å². The number of rotatable bonds is 3. The van der Waals surface area contributed by atoms with Crippen LogP contribution in [0.1, 0.15) is 38.5 Å². The Kier molecular flexibility index (Phi) is 4.02. The van der Waals surface area contributed by atoms with Crippen molar-refractivity contribution in [1.82, 2.24) is 5.32 Å². The Morgan fingerprint density at radius 1 is 1.47 bits per heavy atom. The molecule has 2 rings (SSSR count). The van der Waals surface area contributed by atoms with Crippen LogP contribution in [0, 0.1) is 5.92 Å². The molecule has 0 bridgehead atoms. The summed E-state index contributed by atoms with van der Waals surface area (Å²) >= 11 is 0. The molecule has 1 fully saturated rings. The zero-order chi connectivity index (χ0) is 12.3. The number of nitrogens with one attached hydrogen (secondary N) is 1. The van der Waals surface area contributed by atoms with E-state index in [1.54, 1.807) is 0 Å². The molecule has 0 saturated heterocycles. The molecule has 17 heavy (non-hydrogen) atoms. The highest BCUT2D eigenvalue weighted by Crippen LogP contribution is 2.39. The van der Waals surface area contributed by atoms with Crippen molar-refractivity contribution in [2.24, 2.45) is 5.92 Å². The maximum absolute atomic E-state index is 13.4. The Hall–Kier alpha value is -0.640. The van der Waals surface area contributed by atoms with E-state index in [-0.39, 0.29) is 24.8 Å². The third-order valence-corrected chi connectivity index (χ3v) is 3.73. The van der Waals surface area contributed by atoms with E-state index >= 15 is 0 Å². The van der Waals surface area contributed by atoms with E-state index in [1.165, 1.54) is 0 Å². The summed E-state index contributed by atoms with van der Waals surface area (Å²) in [5.74, 6) is -1.62. The minimum atomic E-state index is -2.49. The van der Waals surface area contributed by atoms with Gasteiger partial charge in [-0.15, -0.1) is 0 Å². The highest BCUT2D eigenvalue weighted by Gasteiger charge is 2.40. The molecule has 1 saturated carbocycles. The van der Waals surface area contributed by atoms with Crippen LogP contribution < -0.4 is 5.32 Å². The Morgan fingerprint density at radius 2 is 2.29 bits per heavy atom. The lowest BCUT2D eigenvalue weighted by molar-refractivity contribution is -0.0587. The van der Waals surface area contributed by atoms with Crippen molar-refractivity contribution in [2.45, 2.75) is 50.5 Å². The standard InChI is InChI=1S/C13H21F2NO/c1-16-12(11-6-2-3-8-17-11)10-5-4-7-13(14,15)9-10/h6,10,12,16H,2-5,7-9H2,1H3. The second-order valence-electron chi connectivity index (χ2n) is 5.08. The first-order valence-corrected chi connectivity index (χ1v) is 6.50. The molecule has 2 aliphatic rings. The zero-order valence-corrected chi connectivity index (χ0v) is 10.3. The highest BCUT2D eigenvalue weighted by molar-refractivity contribution is 5.08. The molecule has 4 heteroatoms. The number of hydrogen-bond acceptors (Lipinski definition) is 2. The molecule has 2 atom stereocenters. The van der Waals surface area contributed by atoms with Crippen molar-refractivity contribution in [3.05, 3.63) is 11.8 Å². The van der Waals surface area contributed by atoms with Gasteiger partial charge in [0.15, 0.2) is 0 Å². The molecular formula is C13H21F2NO. The van der Waals surface area contributed by atoms with Crippen LogP contribution in [0.3, 0.4) is 0 Å². The minimum Gasteiger partial charge on any atom is -0.497 e. The van der Waals surface area contributed by atoms with Crippen LogP contribution >= 0.6 is 0 Å². The van der Waals surface area contributed by atoms with Gasteiger partial charge in [-0.25, -0.2) is 8.78 Å². The Labute approximate surface area is 101 Å². The molecule has 0 radical (unpaired) electrons. The molecule has 2 unspecified atom stereocenters. The molecular weight excluding hydrogens is 224 g/mol. The van der Waals surface area contributed by atoms with Crippen LogP contribution in [-0.4, -0.2) is 25.6 Å². The maximum Gasteiger partial charge on any atom is 0.248 e. The fraction of sp³-hybridized carbons (Fsp3) is 0.846. The third kappa shape index (κ3) is 3.18. The normalized spacial score (nSPS) is 30.3. The van der Waals surface area contributed by atoms with Crippen LogP contribution in [0.25, 0.3) is 0 Å². The second-order valence-corrected chi connectivity index (χ2v) is 5.08. The van der Waals surface area contributed by atoms with Gasteiger partial charge in [0.05, 0.1) is 12.6 Å². The first kappa shape index (κ1) is 12.8. The minimum absolute atomic E-state index is 0.00639. The lowest BCUT2D eigenvalue weighted by Crippen LogP contribution is -2.42. The number of ether oxygens (including phenoxy) is 1. The van der Waals surface area contributed by atoms with Gasteiger partial charge in [0.1, 0.15) is 5.76 Å². The van der Waals surface area contributed by atoms with E-state index in [1.807, 2.05) is 7.05 Å². The summed E-state index contributed by atoms with van der Waals surface area (Å²) in [6.07, 6.45) is 5.58. The smallest absolute Gasteiger partial charge is 0.248 e. The predicted molar refractivity (Wildman–Crippen MR) is 63.0 cm³/mol. The molecule has 1 heterocycles. The summed E-state index contributed by atoms with van der Waals surface area (Å²) in [7, 11) is 1.83. The average molecular weight is 245 g/mol. The van der Waals surface area contributed by atoms with Crippen LogP contribution in [-0.2, 0) is 4.74 Å². The van der Waals surface area contributed by atoms with Crippen molar-refractivity contribution in [2.75, 3.05) is 13.7 Å². The van der Waals surface area contributed by atoms with Gasteiger partial charge in [0.2, 0.25) is 5.92 Å². The fourth-order valence-electron chi connectivity index (χ4n) is 2.90. The lowest BCUT2D eigenvalue weighted by atomic mass is 9.80. The van der Waals surface area contributed by atoms with Crippen molar-refractivity contribution in [3.63, 3.8) is 0 Å². The number of allylic oxidation sites excluding steroid dienone is 1. The van der Waals surface area contributed by atoms with Gasteiger partial charge in [0, 0.05) is 12.8 Å². The van der Waals surface area contributed by atoms with Crippen molar-refractivity contribution in [1.29, 1.82) is 0 Å². The topological polar surface area (TPSA) is 21.3 Å². The largest absolute Gasteiger partial charge is 0.497 e. The monoisotopic (exact) mass is 245 g/mol. The van der Waals surface area contributed by atoms with Crippen LogP contribution in [0.4, 0.5) is 8.78 Å². The van der Waals surface area contributed by atoms with Gasteiger partial charge in [0.25, 0.3) is 0 Å². The maximum atomic E-state index is 13.4. The van der Waals surface area contributed by atoms with E-state index in [2.05, 4.69) is 11.4 Å². The van der Waals surface area contributed by atoms with Gasteiger partial charge in [-0.05, 0) is 44.7 Å². The number of hydrogen-bond donors (Lipinski definition) is 1. The molecule has 1 N–H and O–H groups in total. The average Bonchev–Trinajstić information content (AvgIpc) is 2.30. The van der Waals surface area contributed by atoms with Crippen molar-refractivity contribution in [3.8, 4) is 0 Å².